The van der Waals surface area contributed by atoms with Crippen LogP contribution in [0.5, 0.6) is 0 Å². The van der Waals surface area contributed by atoms with E-state index in [1.165, 1.54) is 17.7 Å². The molecule has 1 aromatic heterocycles. The summed E-state index contributed by atoms with van der Waals surface area (Å²) in [5.74, 6) is 0.286. The Hall–Kier alpha value is -3.08. The highest BCUT2D eigenvalue weighted by Crippen LogP contribution is 2.23. The molecule has 0 spiro atoms. The molecule has 0 aliphatic rings. The highest BCUT2D eigenvalue weighted by Gasteiger charge is 2.18. The lowest BCUT2D eigenvalue weighted by Crippen LogP contribution is -2.34. The van der Waals surface area contributed by atoms with E-state index in [1.54, 1.807) is 29.4 Å². The van der Waals surface area contributed by atoms with Crippen molar-refractivity contribution in [2.45, 2.75) is 39.3 Å². The van der Waals surface area contributed by atoms with Crippen molar-refractivity contribution in [2.75, 3.05) is 5.32 Å². The number of urea groups is 1. The molecule has 0 atom stereocenters. The van der Waals surface area contributed by atoms with Crippen LogP contribution in [0.1, 0.15) is 37.7 Å². The van der Waals surface area contributed by atoms with Gasteiger partial charge in [0, 0.05) is 12.2 Å². The fourth-order valence-corrected chi connectivity index (χ4v) is 2.89. The van der Waals surface area contributed by atoms with Gasteiger partial charge in [0.2, 0.25) is 0 Å². The lowest BCUT2D eigenvalue weighted by molar-refractivity contribution is 0.201. The van der Waals surface area contributed by atoms with Crippen LogP contribution in [-0.2, 0) is 18.5 Å². The average molecular weight is 380 g/mol. The fourth-order valence-electron chi connectivity index (χ4n) is 2.89. The minimum Gasteiger partial charge on any atom is -0.467 e. The topological polar surface area (TPSA) is 45.5 Å². The quantitative estimate of drug-likeness (QED) is 0.594. The zero-order valence-corrected chi connectivity index (χ0v) is 16.4. The molecular formula is C23H25FN2O2. The van der Waals surface area contributed by atoms with Gasteiger partial charge in [0.1, 0.15) is 11.6 Å². The minimum absolute atomic E-state index is 0.0706. The van der Waals surface area contributed by atoms with E-state index in [9.17, 15) is 9.18 Å². The number of furan rings is 1. The first kappa shape index (κ1) is 19.7. The average Bonchev–Trinajstić information content (AvgIpc) is 3.14. The molecule has 0 bridgehead atoms. The Morgan fingerprint density at radius 2 is 1.79 bits per heavy atom. The van der Waals surface area contributed by atoms with Crippen LogP contribution >= 0.6 is 0 Å². The monoisotopic (exact) mass is 380 g/mol. The predicted molar refractivity (Wildman–Crippen MR) is 109 cm³/mol. The fraction of sp³-hybridized carbons (Fsp3) is 0.261. The first-order chi connectivity index (χ1) is 13.3. The molecule has 1 N–H and O–H groups in total. The van der Waals surface area contributed by atoms with E-state index in [2.05, 4.69) is 38.2 Å². The molecule has 3 rings (SSSR count). The van der Waals surface area contributed by atoms with Crippen LogP contribution in [0.3, 0.4) is 0 Å². The zero-order valence-electron chi connectivity index (χ0n) is 16.4. The second-order valence-corrected chi connectivity index (χ2v) is 7.82. The molecule has 5 heteroatoms. The van der Waals surface area contributed by atoms with E-state index < -0.39 is 5.82 Å². The van der Waals surface area contributed by atoms with Gasteiger partial charge in [0.25, 0.3) is 0 Å². The van der Waals surface area contributed by atoms with Crippen LogP contribution in [0.2, 0.25) is 0 Å². The Bertz CT molecular complexity index is 913. The molecule has 2 aromatic carbocycles. The summed E-state index contributed by atoms with van der Waals surface area (Å²) in [6.45, 7) is 7.22. The number of nitrogens with one attached hydrogen (secondary N) is 1. The van der Waals surface area contributed by atoms with Crippen molar-refractivity contribution in [1.82, 2.24) is 4.90 Å². The first-order valence-corrected chi connectivity index (χ1v) is 9.24. The van der Waals surface area contributed by atoms with E-state index in [0.29, 0.717) is 24.5 Å². The summed E-state index contributed by atoms with van der Waals surface area (Å²) in [5.41, 5.74) is 2.73. The number of benzene rings is 2. The first-order valence-electron chi connectivity index (χ1n) is 9.24. The largest absolute Gasteiger partial charge is 0.467 e. The van der Waals surface area contributed by atoms with Gasteiger partial charge >= 0.3 is 6.03 Å². The summed E-state index contributed by atoms with van der Waals surface area (Å²) < 4.78 is 18.8. The molecule has 146 valence electrons. The Kier molecular flexibility index (Phi) is 5.83. The summed E-state index contributed by atoms with van der Waals surface area (Å²) in [6.07, 6.45) is 1.58. The number of nitrogens with zero attached hydrogens (tertiary/aromatic N) is 1. The summed E-state index contributed by atoms with van der Waals surface area (Å²) in [4.78, 5) is 14.5. The van der Waals surface area contributed by atoms with Crippen LogP contribution in [0, 0.1) is 5.82 Å². The number of carbonyl (C=O) groups excluding carboxylic acids is 1. The predicted octanol–water partition coefficient (Wildman–Crippen LogP) is 5.95. The normalized spacial score (nSPS) is 11.3. The van der Waals surface area contributed by atoms with Crippen LogP contribution in [0.4, 0.5) is 14.9 Å². The number of halogens is 1. The van der Waals surface area contributed by atoms with Gasteiger partial charge in [0.05, 0.1) is 12.8 Å². The third-order valence-corrected chi connectivity index (χ3v) is 4.48. The van der Waals surface area contributed by atoms with Gasteiger partial charge in [-0.15, -0.1) is 0 Å². The standard InChI is InChI=1S/C23H25FN2O2/c1-23(2,3)18-11-9-17(10-12-18)15-26(16-21-8-5-13-28-21)22(27)25-20-7-4-6-19(24)14-20/h4-14H,15-16H2,1-3H3,(H,25,27). The number of hydrogen-bond acceptors (Lipinski definition) is 2. The van der Waals surface area contributed by atoms with Gasteiger partial charge in [-0.3, -0.25) is 0 Å². The van der Waals surface area contributed by atoms with Crippen molar-refractivity contribution in [3.63, 3.8) is 0 Å². The van der Waals surface area contributed by atoms with E-state index in [4.69, 9.17) is 4.42 Å². The van der Waals surface area contributed by atoms with E-state index in [1.807, 2.05) is 18.2 Å². The lowest BCUT2D eigenvalue weighted by Gasteiger charge is -2.23. The van der Waals surface area contributed by atoms with Crippen LogP contribution in [0.15, 0.2) is 71.3 Å². The molecule has 28 heavy (non-hydrogen) atoms. The van der Waals surface area contributed by atoms with E-state index in [-0.39, 0.29) is 11.4 Å². The maximum atomic E-state index is 13.4. The molecular weight excluding hydrogens is 355 g/mol. The van der Waals surface area contributed by atoms with Crippen molar-refractivity contribution in [3.8, 4) is 0 Å². The van der Waals surface area contributed by atoms with Gasteiger partial charge in [-0.1, -0.05) is 51.1 Å². The molecule has 1 heterocycles. The molecule has 0 aliphatic carbocycles. The lowest BCUT2D eigenvalue weighted by atomic mass is 9.87. The van der Waals surface area contributed by atoms with E-state index >= 15 is 0 Å². The van der Waals surface area contributed by atoms with Crippen molar-refractivity contribution in [1.29, 1.82) is 0 Å². The maximum Gasteiger partial charge on any atom is 0.322 e. The maximum absolute atomic E-state index is 13.4. The summed E-state index contributed by atoms with van der Waals surface area (Å²) in [5, 5.41) is 2.76. The Morgan fingerprint density at radius 1 is 1.04 bits per heavy atom. The van der Waals surface area contributed by atoms with Crippen LogP contribution in [0.25, 0.3) is 0 Å². The smallest absolute Gasteiger partial charge is 0.322 e. The number of amides is 2. The molecule has 4 nitrogen and oxygen atoms in total. The molecule has 2 amide bonds. The number of carbonyl (C=O) groups is 1. The van der Waals surface area contributed by atoms with Gasteiger partial charge in [-0.2, -0.15) is 0 Å². The van der Waals surface area contributed by atoms with Crippen molar-refractivity contribution >= 4 is 11.7 Å². The molecule has 0 unspecified atom stereocenters. The van der Waals surface area contributed by atoms with E-state index in [0.717, 1.165) is 5.56 Å². The third kappa shape index (κ3) is 5.22. The Morgan fingerprint density at radius 3 is 2.39 bits per heavy atom. The van der Waals surface area contributed by atoms with Gasteiger partial charge < -0.3 is 14.6 Å². The minimum atomic E-state index is -0.395. The van der Waals surface area contributed by atoms with Gasteiger partial charge in [-0.05, 0) is 46.9 Å². The zero-order chi connectivity index (χ0) is 20.1. The SMILES string of the molecule is CC(C)(C)c1ccc(CN(Cc2ccco2)C(=O)Nc2cccc(F)c2)cc1. The molecule has 0 aliphatic heterocycles. The second kappa shape index (κ2) is 8.30. The molecule has 3 aromatic rings. The Labute approximate surface area is 165 Å². The summed E-state index contributed by atoms with van der Waals surface area (Å²) >= 11 is 0. The molecule has 0 saturated carbocycles. The van der Waals surface area contributed by atoms with Crippen LogP contribution in [-0.4, -0.2) is 10.9 Å². The molecule has 0 saturated heterocycles. The number of anilines is 1. The highest BCUT2D eigenvalue weighted by molar-refractivity contribution is 5.89. The highest BCUT2D eigenvalue weighted by atomic mass is 19.1. The van der Waals surface area contributed by atoms with Crippen molar-refractivity contribution in [3.05, 3.63) is 89.6 Å². The second-order valence-electron chi connectivity index (χ2n) is 7.82. The Balaban J connectivity index is 1.77. The number of rotatable bonds is 5. The molecule has 0 fully saturated rings. The number of hydrogen-bond donors (Lipinski definition) is 1. The van der Waals surface area contributed by atoms with Crippen molar-refractivity contribution < 1.29 is 13.6 Å². The van der Waals surface area contributed by atoms with Crippen LogP contribution < -0.4 is 5.32 Å². The molecule has 0 radical (unpaired) electrons. The summed E-state index contributed by atoms with van der Waals surface area (Å²) in [6, 6.07) is 17.4. The van der Waals surface area contributed by atoms with Crippen molar-refractivity contribution in [2.24, 2.45) is 0 Å². The summed E-state index contributed by atoms with van der Waals surface area (Å²) in [7, 11) is 0. The van der Waals surface area contributed by atoms with Gasteiger partial charge in [-0.25, -0.2) is 9.18 Å². The van der Waals surface area contributed by atoms with Gasteiger partial charge in [0.15, 0.2) is 0 Å². The third-order valence-electron chi connectivity index (χ3n) is 4.48.